The Hall–Kier alpha value is -2.46. The van der Waals surface area contributed by atoms with Gasteiger partial charge >= 0.3 is 39.5 Å². The summed E-state index contributed by atoms with van der Waals surface area (Å²) < 4.78 is 68.7. The average molecular weight is 1500 g/mol. The average Bonchev–Trinajstić information content (AvgIpc) is 1.18. The van der Waals surface area contributed by atoms with Crippen molar-refractivity contribution in [3.8, 4) is 0 Å². The molecular weight excluding hydrogens is 1340 g/mol. The maximum absolute atomic E-state index is 13.1. The number of phosphoric ester groups is 2. The summed E-state index contributed by atoms with van der Waals surface area (Å²) in [7, 11) is -9.94. The Morgan fingerprint density at radius 3 is 0.796 bits per heavy atom. The fourth-order valence-electron chi connectivity index (χ4n) is 12.6. The Labute approximate surface area is 631 Å². The molecular formula is C84H160O17P2. The van der Waals surface area contributed by atoms with Crippen molar-refractivity contribution in [1.82, 2.24) is 0 Å². The fraction of sp³-hybridized carbons (Fsp3) is 0.905. The minimum Gasteiger partial charge on any atom is -0.462 e. The lowest BCUT2D eigenvalue weighted by Crippen LogP contribution is -2.30. The van der Waals surface area contributed by atoms with Crippen LogP contribution in [0.5, 0.6) is 0 Å². The van der Waals surface area contributed by atoms with E-state index in [0.717, 1.165) is 109 Å². The Balaban J connectivity index is 5.26. The molecule has 0 rings (SSSR count). The van der Waals surface area contributed by atoms with E-state index in [1.807, 2.05) is 0 Å². The lowest BCUT2D eigenvalue weighted by atomic mass is 10.0. The first-order chi connectivity index (χ1) is 50.0. The molecule has 0 aromatic carbocycles. The second-order valence-corrected chi connectivity index (χ2v) is 32.9. The molecule has 19 heteroatoms. The van der Waals surface area contributed by atoms with Crippen LogP contribution in [-0.2, 0) is 65.4 Å². The van der Waals surface area contributed by atoms with Crippen molar-refractivity contribution in [2.45, 2.75) is 445 Å². The van der Waals surface area contributed by atoms with Crippen molar-refractivity contribution in [2.75, 3.05) is 39.6 Å². The van der Waals surface area contributed by atoms with Gasteiger partial charge in [0.25, 0.3) is 0 Å². The Kier molecular flexibility index (Phi) is 74.5. The largest absolute Gasteiger partial charge is 0.472 e. The number of allylic oxidation sites excluding steroid dienone is 4. The Bertz CT molecular complexity index is 2060. The SMILES string of the molecule is CCCCCC/C=C\C=C/CCCCCCCC(=O)O[C@H](COC(=O)CCCCCCCCCC(C)C)COP(=O)(O)OC[C@H](O)COP(=O)(O)OC[C@@H](COC(=O)CCCCCCCCCCCCCCCCCCCC)OC(=O)CCCCCCCCCCCCCCCCCCCCCC. The molecule has 0 saturated carbocycles. The van der Waals surface area contributed by atoms with E-state index in [0.29, 0.717) is 31.6 Å². The lowest BCUT2D eigenvalue weighted by molar-refractivity contribution is -0.161. The number of phosphoric acid groups is 2. The summed E-state index contributed by atoms with van der Waals surface area (Å²) in [5.74, 6) is -1.43. The zero-order valence-electron chi connectivity index (χ0n) is 66.9. The predicted octanol–water partition coefficient (Wildman–Crippen LogP) is 25.1. The van der Waals surface area contributed by atoms with Gasteiger partial charge < -0.3 is 33.8 Å². The number of carbonyl (C=O) groups is 4. The van der Waals surface area contributed by atoms with Crippen molar-refractivity contribution in [2.24, 2.45) is 5.92 Å². The quantitative estimate of drug-likeness (QED) is 0.0169. The van der Waals surface area contributed by atoms with Crippen LogP contribution in [0.4, 0.5) is 0 Å². The molecule has 0 spiro atoms. The first kappa shape index (κ1) is 101. The predicted molar refractivity (Wildman–Crippen MR) is 423 cm³/mol. The molecule has 0 fully saturated rings. The van der Waals surface area contributed by atoms with Gasteiger partial charge in [-0.2, -0.15) is 0 Å². The van der Waals surface area contributed by atoms with Crippen LogP contribution in [0.2, 0.25) is 0 Å². The van der Waals surface area contributed by atoms with Gasteiger partial charge in [-0.15, -0.1) is 0 Å². The molecule has 0 aliphatic heterocycles. The van der Waals surface area contributed by atoms with Gasteiger partial charge in [-0.1, -0.05) is 374 Å². The number of esters is 4. The van der Waals surface area contributed by atoms with Crippen LogP contribution in [0.25, 0.3) is 0 Å². The minimum absolute atomic E-state index is 0.0847. The van der Waals surface area contributed by atoms with E-state index in [-0.39, 0.29) is 25.7 Å². The van der Waals surface area contributed by atoms with Crippen LogP contribution in [0, 0.1) is 5.92 Å². The number of carbonyl (C=O) groups excluding carboxylic acids is 4. The number of unbranched alkanes of at least 4 members (excludes halogenated alkanes) is 51. The normalized spacial score (nSPS) is 14.0. The smallest absolute Gasteiger partial charge is 0.462 e. The molecule has 0 saturated heterocycles. The van der Waals surface area contributed by atoms with E-state index in [9.17, 15) is 43.2 Å². The molecule has 5 atom stereocenters. The third-order valence-corrected chi connectivity index (χ3v) is 21.1. The van der Waals surface area contributed by atoms with Crippen LogP contribution in [-0.4, -0.2) is 96.7 Å². The third kappa shape index (κ3) is 77.5. The second kappa shape index (κ2) is 76.3. The van der Waals surface area contributed by atoms with Crippen molar-refractivity contribution < 1.29 is 80.2 Å². The zero-order valence-corrected chi connectivity index (χ0v) is 68.7. The highest BCUT2D eigenvalue weighted by molar-refractivity contribution is 7.47. The number of ether oxygens (including phenoxy) is 4. The molecule has 3 N–H and O–H groups in total. The molecule has 0 aromatic heterocycles. The topological polar surface area (TPSA) is 237 Å². The van der Waals surface area contributed by atoms with Gasteiger partial charge in [-0.05, 0) is 57.3 Å². The molecule has 2 unspecified atom stereocenters. The second-order valence-electron chi connectivity index (χ2n) is 30.0. The fourth-order valence-corrected chi connectivity index (χ4v) is 14.2. The molecule has 103 heavy (non-hydrogen) atoms. The molecule has 17 nitrogen and oxygen atoms in total. The summed E-state index contributed by atoms with van der Waals surface area (Å²) in [5, 5.41) is 10.7. The third-order valence-electron chi connectivity index (χ3n) is 19.2. The van der Waals surface area contributed by atoms with Gasteiger partial charge in [0.1, 0.15) is 19.3 Å². The zero-order chi connectivity index (χ0) is 75.5. The number of hydrogen-bond donors (Lipinski definition) is 3. The molecule has 0 amide bonds. The van der Waals surface area contributed by atoms with Crippen LogP contribution in [0.15, 0.2) is 24.3 Å². The summed E-state index contributed by atoms with van der Waals surface area (Å²) >= 11 is 0. The van der Waals surface area contributed by atoms with E-state index in [4.69, 9.17) is 37.0 Å². The van der Waals surface area contributed by atoms with Crippen molar-refractivity contribution >= 4 is 39.5 Å². The number of aliphatic hydroxyl groups is 1. The maximum atomic E-state index is 13.1. The summed E-state index contributed by atoms with van der Waals surface area (Å²) in [6, 6.07) is 0. The molecule has 0 aromatic rings. The minimum atomic E-state index is -4.97. The van der Waals surface area contributed by atoms with Crippen molar-refractivity contribution in [3.05, 3.63) is 24.3 Å². The summed E-state index contributed by atoms with van der Waals surface area (Å²) in [6.45, 7) is 7.22. The lowest BCUT2D eigenvalue weighted by Gasteiger charge is -2.21. The van der Waals surface area contributed by atoms with Gasteiger partial charge in [0.2, 0.25) is 0 Å². The van der Waals surface area contributed by atoms with E-state index in [1.54, 1.807) is 0 Å². The summed E-state index contributed by atoms with van der Waals surface area (Å²) in [4.78, 5) is 73.1. The van der Waals surface area contributed by atoms with Gasteiger partial charge in [-0.3, -0.25) is 37.3 Å². The number of aliphatic hydroxyl groups excluding tert-OH is 1. The van der Waals surface area contributed by atoms with E-state index in [2.05, 4.69) is 58.9 Å². The molecule has 0 heterocycles. The number of hydrogen-bond acceptors (Lipinski definition) is 15. The van der Waals surface area contributed by atoms with Gasteiger partial charge in [0.05, 0.1) is 26.4 Å². The van der Waals surface area contributed by atoms with Crippen LogP contribution < -0.4 is 0 Å². The van der Waals surface area contributed by atoms with Crippen molar-refractivity contribution in [1.29, 1.82) is 0 Å². The Morgan fingerprint density at radius 1 is 0.301 bits per heavy atom. The maximum Gasteiger partial charge on any atom is 0.472 e. The summed E-state index contributed by atoms with van der Waals surface area (Å²) in [6.07, 6.45) is 71.8. The molecule has 0 aliphatic rings. The van der Waals surface area contributed by atoms with Crippen LogP contribution >= 0.6 is 15.6 Å². The highest BCUT2D eigenvalue weighted by Crippen LogP contribution is 2.45. The van der Waals surface area contributed by atoms with Gasteiger partial charge in [0.15, 0.2) is 12.2 Å². The van der Waals surface area contributed by atoms with E-state index in [1.165, 1.54) is 231 Å². The Morgan fingerprint density at radius 2 is 0.524 bits per heavy atom. The number of rotatable bonds is 82. The van der Waals surface area contributed by atoms with Crippen molar-refractivity contribution in [3.63, 3.8) is 0 Å². The highest BCUT2D eigenvalue weighted by atomic mass is 31.2. The van der Waals surface area contributed by atoms with Gasteiger partial charge in [0, 0.05) is 25.7 Å². The molecule has 0 bridgehead atoms. The van der Waals surface area contributed by atoms with Crippen LogP contribution in [0.1, 0.15) is 426 Å². The molecule has 608 valence electrons. The monoisotopic (exact) mass is 1500 g/mol. The van der Waals surface area contributed by atoms with Gasteiger partial charge in [-0.25, -0.2) is 9.13 Å². The first-order valence-electron chi connectivity index (χ1n) is 43.0. The highest BCUT2D eigenvalue weighted by Gasteiger charge is 2.30. The van der Waals surface area contributed by atoms with E-state index < -0.39 is 97.5 Å². The summed E-state index contributed by atoms with van der Waals surface area (Å²) in [5.41, 5.74) is 0. The standard InChI is InChI=1S/C84H160O17P2/c1-6-9-12-15-18-21-24-27-30-32-34-35-37-40-43-46-49-54-60-65-70-83(88)100-79(73-94-81(86)67-62-57-52-47-44-41-39-36-33-31-28-25-22-19-16-13-10-7-2)75-98-102(90,91)96-71-78(85)72-97-103(92,93)99-76-80(74-95-82(87)68-63-58-55-50-51-56-61-66-77(4)5)101-84(89)69-64-59-53-48-45-42-38-29-26-23-20-17-14-11-8-3/h23,26,29,38,77-80,85H,6-22,24-25,27-28,30-37,39-76H2,1-5H3,(H,90,91)(H,92,93)/b26-23-,38-29-/t78-,79-,80-/m1/s1. The van der Waals surface area contributed by atoms with Crippen LogP contribution in [0.3, 0.4) is 0 Å². The van der Waals surface area contributed by atoms with E-state index >= 15 is 0 Å². The molecule has 0 aliphatic carbocycles. The first-order valence-corrected chi connectivity index (χ1v) is 45.9. The molecule has 0 radical (unpaired) electrons.